The van der Waals surface area contributed by atoms with Crippen molar-refractivity contribution in [2.75, 3.05) is 0 Å². The van der Waals surface area contributed by atoms with Gasteiger partial charge in [0.05, 0.1) is 0 Å². The molecule has 0 saturated carbocycles. The van der Waals surface area contributed by atoms with Crippen molar-refractivity contribution in [3.05, 3.63) is 44.4 Å². The van der Waals surface area contributed by atoms with Crippen molar-refractivity contribution in [3.8, 4) is 11.8 Å². The fraction of sp³-hybridized carbons (Fsp3) is 0.100. The molecule has 0 aliphatic carbocycles. The highest BCUT2D eigenvalue weighted by atomic mass is 13.8. The summed E-state index contributed by atoms with van der Waals surface area (Å²) in [6.45, 7) is 14.9. The smallest absolute Gasteiger partial charge is 0.00234 e. The van der Waals surface area contributed by atoms with Gasteiger partial charge in [-0.25, -0.2) is 0 Å². The minimum Gasteiger partial charge on any atom is -0.106 e. The van der Waals surface area contributed by atoms with E-state index < -0.39 is 0 Å². The number of allylic oxidation sites excluding steroid dienone is 3. The van der Waals surface area contributed by atoms with E-state index in [0.29, 0.717) is 0 Å². The molecule has 0 aromatic rings. The molecule has 53 valence electrons. The third-order valence-electron chi connectivity index (χ3n) is 0.605. The zero-order valence-corrected chi connectivity index (χ0v) is 6.48. The molecule has 0 heterocycles. The molecular weight excluding hydrogens is 120 g/mol. The highest BCUT2D eigenvalue weighted by Crippen LogP contribution is 1.86. The molecule has 0 aliphatic heterocycles. The Labute approximate surface area is 64.0 Å². The minimum atomic E-state index is 0.808. The Morgan fingerprint density at radius 1 is 1.40 bits per heavy atom. The van der Waals surface area contributed by atoms with Gasteiger partial charge in [0.1, 0.15) is 0 Å². The lowest BCUT2D eigenvalue weighted by molar-refractivity contribution is 1.77. The molecular formula is C10H13. The Kier molecular flexibility index (Phi) is 12.4. The second kappa shape index (κ2) is 10.7. The zero-order valence-electron chi connectivity index (χ0n) is 6.48. The van der Waals surface area contributed by atoms with Crippen LogP contribution in [-0.4, -0.2) is 0 Å². The number of rotatable bonds is 1. The zero-order chi connectivity index (χ0) is 8.41. The van der Waals surface area contributed by atoms with Crippen LogP contribution in [-0.2, 0) is 0 Å². The van der Waals surface area contributed by atoms with Crippen LogP contribution in [0.25, 0.3) is 0 Å². The normalized spacial score (nSPS) is 8.00. The summed E-state index contributed by atoms with van der Waals surface area (Å²) in [4.78, 5) is 0. The third-order valence-corrected chi connectivity index (χ3v) is 0.605. The van der Waals surface area contributed by atoms with Crippen LogP contribution in [0.2, 0.25) is 0 Å². The molecule has 0 bridgehead atoms. The Balaban J connectivity index is 0. The second-order valence-corrected chi connectivity index (χ2v) is 1.30. The van der Waals surface area contributed by atoms with Crippen molar-refractivity contribution in [2.24, 2.45) is 0 Å². The maximum atomic E-state index is 3.63. The molecule has 0 fully saturated rings. The van der Waals surface area contributed by atoms with Crippen molar-refractivity contribution in [2.45, 2.75) is 6.92 Å². The van der Waals surface area contributed by atoms with Crippen molar-refractivity contribution < 1.29 is 0 Å². The first kappa shape index (κ1) is 11.6. The van der Waals surface area contributed by atoms with Crippen molar-refractivity contribution in [3.63, 3.8) is 0 Å². The lowest BCUT2D eigenvalue weighted by Gasteiger charge is -1.77. The molecule has 0 aliphatic rings. The van der Waals surface area contributed by atoms with Crippen LogP contribution in [0, 0.1) is 18.8 Å². The van der Waals surface area contributed by atoms with Crippen molar-refractivity contribution in [1.29, 1.82) is 0 Å². The molecule has 0 aromatic heterocycles. The van der Waals surface area contributed by atoms with Gasteiger partial charge < -0.3 is 0 Å². The molecule has 0 amide bonds. The van der Waals surface area contributed by atoms with Gasteiger partial charge in [-0.2, -0.15) is 0 Å². The highest BCUT2D eigenvalue weighted by Gasteiger charge is 1.71. The lowest BCUT2D eigenvalue weighted by atomic mass is 10.3. The fourth-order valence-electron chi connectivity index (χ4n) is 0.344. The quantitative estimate of drug-likeness (QED) is 0.293. The predicted octanol–water partition coefficient (Wildman–Crippen LogP) is 2.76. The molecule has 0 heteroatoms. The highest BCUT2D eigenvalue weighted by molar-refractivity contribution is 5.32. The van der Waals surface area contributed by atoms with E-state index in [0.717, 1.165) is 5.57 Å². The van der Waals surface area contributed by atoms with E-state index in [2.05, 4.69) is 38.5 Å². The summed E-state index contributed by atoms with van der Waals surface area (Å²) in [5.41, 5.74) is 0.808. The Hall–Kier alpha value is -1.22. The molecule has 0 atom stereocenters. The van der Waals surface area contributed by atoms with E-state index in [1.54, 1.807) is 19.1 Å². The van der Waals surface area contributed by atoms with E-state index in [1.165, 1.54) is 0 Å². The summed E-state index contributed by atoms with van der Waals surface area (Å²) < 4.78 is 0. The van der Waals surface area contributed by atoms with Gasteiger partial charge >= 0.3 is 0 Å². The number of hydrogen-bond acceptors (Lipinski definition) is 0. The molecule has 0 N–H and O–H groups in total. The summed E-state index contributed by atoms with van der Waals surface area (Å²) in [7, 11) is 0. The second-order valence-electron chi connectivity index (χ2n) is 1.30. The van der Waals surface area contributed by atoms with Gasteiger partial charge in [-0.1, -0.05) is 24.7 Å². The number of hydrogen-bond donors (Lipinski definition) is 0. The van der Waals surface area contributed by atoms with Crippen LogP contribution < -0.4 is 0 Å². The largest absolute Gasteiger partial charge is 0.106 e. The molecule has 0 saturated heterocycles. The summed E-state index contributed by atoms with van der Waals surface area (Å²) in [6, 6.07) is 0. The van der Waals surface area contributed by atoms with Gasteiger partial charge in [0.2, 0.25) is 0 Å². The van der Waals surface area contributed by atoms with Crippen LogP contribution in [0.4, 0.5) is 0 Å². The summed E-state index contributed by atoms with van der Waals surface area (Å²) in [6.07, 6.45) is 3.45. The van der Waals surface area contributed by atoms with Crippen molar-refractivity contribution >= 4 is 0 Å². The standard InChI is InChI=1S/C8H9.C2H4/c1-4-6-8(3)7-5-2;1-2/h4,6H,1,3H2,2H3;1-2H2/b8-6+;. The van der Waals surface area contributed by atoms with Crippen LogP contribution in [0.15, 0.2) is 37.5 Å². The maximum Gasteiger partial charge on any atom is 0.00234 e. The summed E-state index contributed by atoms with van der Waals surface area (Å²) >= 11 is 0. The molecule has 0 spiro atoms. The molecule has 10 heavy (non-hydrogen) atoms. The predicted molar refractivity (Wildman–Crippen MR) is 48.3 cm³/mol. The van der Waals surface area contributed by atoms with Crippen LogP contribution >= 0.6 is 0 Å². The Morgan fingerprint density at radius 3 is 2.20 bits per heavy atom. The first-order chi connectivity index (χ1) is 4.81. The van der Waals surface area contributed by atoms with E-state index >= 15 is 0 Å². The van der Waals surface area contributed by atoms with Gasteiger partial charge in [0.25, 0.3) is 0 Å². The van der Waals surface area contributed by atoms with Gasteiger partial charge in [-0.3, -0.25) is 0 Å². The van der Waals surface area contributed by atoms with Gasteiger partial charge in [-0.15, -0.1) is 19.1 Å². The molecule has 0 aromatic carbocycles. The van der Waals surface area contributed by atoms with E-state index in [9.17, 15) is 0 Å². The summed E-state index contributed by atoms with van der Waals surface area (Å²) in [5.74, 6) is 5.50. The Bertz CT molecular complexity index is 162. The van der Waals surface area contributed by atoms with Crippen LogP contribution in [0.1, 0.15) is 6.92 Å². The van der Waals surface area contributed by atoms with Gasteiger partial charge in [-0.05, 0) is 13.8 Å². The topological polar surface area (TPSA) is 0 Å². The summed E-state index contributed by atoms with van der Waals surface area (Å²) in [5, 5.41) is 0. The van der Waals surface area contributed by atoms with Gasteiger partial charge in [0, 0.05) is 5.57 Å². The average Bonchev–Trinajstić information content (AvgIpc) is 1.93. The fourth-order valence-corrected chi connectivity index (χ4v) is 0.344. The monoisotopic (exact) mass is 133 g/mol. The van der Waals surface area contributed by atoms with E-state index in [4.69, 9.17) is 0 Å². The molecule has 0 rings (SSSR count). The Morgan fingerprint density at radius 2 is 1.90 bits per heavy atom. The molecule has 0 nitrogen and oxygen atoms in total. The first-order valence-corrected chi connectivity index (χ1v) is 2.88. The SMILES string of the molecule is C=C.[CH2]/C(C#CC)=C\C=C. The van der Waals surface area contributed by atoms with Gasteiger partial charge in [0.15, 0.2) is 0 Å². The molecule has 0 unspecified atom stereocenters. The third kappa shape index (κ3) is 9.91. The van der Waals surface area contributed by atoms with Crippen molar-refractivity contribution in [1.82, 2.24) is 0 Å². The van der Waals surface area contributed by atoms with E-state index in [-0.39, 0.29) is 0 Å². The minimum absolute atomic E-state index is 0.808. The lowest BCUT2D eigenvalue weighted by Crippen LogP contribution is -1.63. The molecule has 1 radical (unpaired) electrons. The maximum absolute atomic E-state index is 3.63. The average molecular weight is 133 g/mol. The van der Waals surface area contributed by atoms with Crippen LogP contribution in [0.5, 0.6) is 0 Å². The first-order valence-electron chi connectivity index (χ1n) is 2.88. The van der Waals surface area contributed by atoms with Crippen LogP contribution in [0.3, 0.4) is 0 Å². The van der Waals surface area contributed by atoms with E-state index in [1.807, 2.05) is 0 Å².